The first-order valence-electron chi connectivity index (χ1n) is 10.9. The van der Waals surface area contributed by atoms with Gasteiger partial charge in [-0.1, -0.05) is 0 Å². The summed E-state index contributed by atoms with van der Waals surface area (Å²) in [5, 5.41) is 9.34. The lowest BCUT2D eigenvalue weighted by Crippen LogP contribution is -2.37. The molecule has 16 heteroatoms. The van der Waals surface area contributed by atoms with Crippen LogP contribution in [0.25, 0.3) is 11.2 Å². The quantitative estimate of drug-likeness (QED) is 0.314. The maximum atomic E-state index is 13.1. The van der Waals surface area contributed by atoms with E-state index >= 15 is 0 Å². The number of nitrogens with one attached hydrogen (secondary N) is 1. The number of anilines is 1. The van der Waals surface area contributed by atoms with Gasteiger partial charge in [0.05, 0.1) is 31.7 Å². The van der Waals surface area contributed by atoms with Crippen LogP contribution < -0.4 is 11.3 Å². The van der Waals surface area contributed by atoms with Crippen LogP contribution in [0, 0.1) is 0 Å². The van der Waals surface area contributed by atoms with Crippen molar-refractivity contribution < 1.29 is 37.5 Å². The number of hydrogen-bond acceptors (Lipinski definition) is 12. The highest BCUT2D eigenvalue weighted by atomic mass is 31.2. The number of H-pyrrole nitrogens is 1. The first kappa shape index (κ1) is 24.3. The molecule has 3 aromatic rings. The van der Waals surface area contributed by atoms with Crippen LogP contribution in [0.4, 0.5) is 10.7 Å². The smallest absolute Gasteiger partial charge is 0.450 e. The number of nitrogens with zero attached hydrogens (tertiary/aromatic N) is 4. The number of rotatable bonds is 6. The summed E-state index contributed by atoms with van der Waals surface area (Å²) in [5.41, 5.74) is 4.52. The third-order valence-corrected chi connectivity index (χ3v) is 7.36. The molecule has 0 saturated carbocycles. The predicted octanol–water partition coefficient (Wildman–Crippen LogP) is 2.14. The van der Waals surface area contributed by atoms with Gasteiger partial charge in [0.2, 0.25) is 5.95 Å². The molecule has 2 aliphatic heterocycles. The highest BCUT2D eigenvalue weighted by Crippen LogP contribution is 2.57. The number of hydrogen-bond donors (Lipinski definition) is 3. The first-order valence-corrected chi connectivity index (χ1v) is 12.4. The fourth-order valence-electron chi connectivity index (χ4n) is 4.35. The Morgan fingerprint density at radius 3 is 2.94 bits per heavy atom. The van der Waals surface area contributed by atoms with E-state index in [1.165, 1.54) is 17.8 Å². The van der Waals surface area contributed by atoms with Crippen LogP contribution in [0.1, 0.15) is 37.7 Å². The van der Waals surface area contributed by atoms with Crippen LogP contribution in [0.15, 0.2) is 35.6 Å². The molecule has 5 heterocycles. The molecule has 2 fully saturated rings. The van der Waals surface area contributed by atoms with Crippen LogP contribution in [-0.4, -0.2) is 60.7 Å². The van der Waals surface area contributed by atoms with Crippen molar-refractivity contribution in [2.75, 3.05) is 18.9 Å². The van der Waals surface area contributed by atoms with Gasteiger partial charge in [0.1, 0.15) is 0 Å². The molecule has 0 aromatic carbocycles. The Labute approximate surface area is 203 Å². The number of fused-ring (bicyclic) bond motifs is 1. The van der Waals surface area contributed by atoms with Crippen LogP contribution >= 0.6 is 7.82 Å². The highest BCUT2D eigenvalue weighted by molar-refractivity contribution is 7.48. The minimum Gasteiger partial charge on any atom is -0.450 e. The predicted molar refractivity (Wildman–Crippen MR) is 121 cm³/mol. The zero-order chi connectivity index (χ0) is 25.5. The van der Waals surface area contributed by atoms with Crippen molar-refractivity contribution in [3.8, 4) is 0 Å². The Morgan fingerprint density at radius 2 is 2.19 bits per heavy atom. The monoisotopic (exact) mass is 522 g/mol. The molecule has 0 bridgehead atoms. The third-order valence-electron chi connectivity index (χ3n) is 5.88. The summed E-state index contributed by atoms with van der Waals surface area (Å²) in [7, 11) is -3.94. The van der Waals surface area contributed by atoms with Crippen molar-refractivity contribution in [1.82, 2.24) is 24.5 Å². The molecule has 4 N–H and O–H groups in total. The molecule has 192 valence electrons. The standard InChI is InChI=1S/C20H23N6O9P/c1-20(34-19(28)29)8-12(33-17(20)26-10-23-14-15(26)24-18(21)25-16(14)27)9-32-36(30)31-7-4-13(35-36)11-2-5-22-6-3-11/h2-3,5-6,10,12-13,17H,4,7-9H2,1H3,(H,28,29)(H3,21,24,25,27). The number of carboxylic acid groups (broad SMARTS) is 1. The summed E-state index contributed by atoms with van der Waals surface area (Å²) in [6, 6.07) is 3.50. The van der Waals surface area contributed by atoms with E-state index in [2.05, 4.69) is 19.9 Å². The topological polar surface area (TPSA) is 203 Å². The van der Waals surface area contributed by atoms with E-state index in [9.17, 15) is 19.3 Å². The van der Waals surface area contributed by atoms with Crippen molar-refractivity contribution in [1.29, 1.82) is 0 Å². The molecule has 15 nitrogen and oxygen atoms in total. The first-order chi connectivity index (χ1) is 17.2. The van der Waals surface area contributed by atoms with Gasteiger partial charge < -0.3 is 20.3 Å². The molecule has 0 amide bonds. The molecule has 5 rings (SSSR count). The van der Waals surface area contributed by atoms with Crippen LogP contribution in [0.3, 0.4) is 0 Å². The number of pyridine rings is 1. The second kappa shape index (κ2) is 9.26. The van der Waals surface area contributed by atoms with E-state index in [4.69, 9.17) is 28.8 Å². The van der Waals surface area contributed by atoms with E-state index in [1.807, 2.05) is 0 Å². The number of carbonyl (C=O) groups is 1. The van der Waals surface area contributed by atoms with E-state index in [0.29, 0.717) is 6.42 Å². The van der Waals surface area contributed by atoms with Gasteiger partial charge in [-0.3, -0.25) is 32.9 Å². The van der Waals surface area contributed by atoms with E-state index in [0.717, 1.165) is 5.56 Å². The summed E-state index contributed by atoms with van der Waals surface area (Å²) < 4.78 is 42.2. The number of phosphoric acid groups is 1. The lowest BCUT2D eigenvalue weighted by molar-refractivity contribution is -0.0996. The second-order valence-corrected chi connectivity index (χ2v) is 10.1. The Morgan fingerprint density at radius 1 is 1.42 bits per heavy atom. The van der Waals surface area contributed by atoms with Gasteiger partial charge in [-0.15, -0.1) is 0 Å². The zero-order valence-electron chi connectivity index (χ0n) is 19.0. The van der Waals surface area contributed by atoms with Crippen LogP contribution in [-0.2, 0) is 27.6 Å². The van der Waals surface area contributed by atoms with E-state index < -0.39 is 43.6 Å². The molecule has 2 saturated heterocycles. The summed E-state index contributed by atoms with van der Waals surface area (Å²) in [4.78, 5) is 38.1. The maximum absolute atomic E-state index is 13.1. The van der Waals surface area contributed by atoms with Crippen molar-refractivity contribution in [2.24, 2.45) is 0 Å². The fourth-order valence-corrected chi connectivity index (χ4v) is 5.76. The maximum Gasteiger partial charge on any atom is 0.506 e. The van der Waals surface area contributed by atoms with Gasteiger partial charge in [-0.05, 0) is 24.6 Å². The summed E-state index contributed by atoms with van der Waals surface area (Å²) in [5.74, 6) is -0.151. The molecule has 3 aromatic heterocycles. The molecule has 0 aliphatic carbocycles. The van der Waals surface area contributed by atoms with Crippen LogP contribution in [0.2, 0.25) is 0 Å². The number of ether oxygens (including phenoxy) is 2. The van der Waals surface area contributed by atoms with Gasteiger partial charge in [0.25, 0.3) is 5.56 Å². The van der Waals surface area contributed by atoms with Gasteiger partial charge in [0.15, 0.2) is 23.0 Å². The van der Waals surface area contributed by atoms with Crippen LogP contribution in [0.5, 0.6) is 0 Å². The summed E-state index contributed by atoms with van der Waals surface area (Å²) in [6.07, 6.45) is 1.08. The van der Waals surface area contributed by atoms with Gasteiger partial charge in [-0.2, -0.15) is 4.98 Å². The van der Waals surface area contributed by atoms with Crippen molar-refractivity contribution in [3.05, 3.63) is 46.8 Å². The summed E-state index contributed by atoms with van der Waals surface area (Å²) in [6.45, 7) is 1.42. The molecule has 5 unspecified atom stereocenters. The minimum atomic E-state index is -3.94. The molecule has 0 radical (unpaired) electrons. The van der Waals surface area contributed by atoms with Gasteiger partial charge in [0, 0.05) is 25.2 Å². The average molecular weight is 522 g/mol. The zero-order valence-corrected chi connectivity index (χ0v) is 19.9. The number of nitrogen functional groups attached to an aromatic ring is 1. The van der Waals surface area contributed by atoms with Crippen molar-refractivity contribution >= 4 is 31.1 Å². The fraction of sp³-hybridized carbons (Fsp3) is 0.450. The number of aromatic amines is 1. The molecule has 2 aliphatic rings. The highest BCUT2D eigenvalue weighted by Gasteiger charge is 2.51. The van der Waals surface area contributed by atoms with E-state index in [1.54, 1.807) is 24.5 Å². The lowest BCUT2D eigenvalue weighted by atomic mass is 10.00. The van der Waals surface area contributed by atoms with Gasteiger partial charge >= 0.3 is 14.0 Å². The molecular weight excluding hydrogens is 499 g/mol. The second-order valence-electron chi connectivity index (χ2n) is 8.51. The van der Waals surface area contributed by atoms with Crippen molar-refractivity contribution in [2.45, 2.75) is 43.8 Å². The minimum absolute atomic E-state index is 0.0132. The van der Waals surface area contributed by atoms with Crippen molar-refractivity contribution in [3.63, 3.8) is 0 Å². The lowest BCUT2D eigenvalue weighted by Gasteiger charge is -2.29. The Balaban J connectivity index is 1.35. The largest absolute Gasteiger partial charge is 0.506 e. The molecular formula is C20H23N6O9P. The Kier molecular flexibility index (Phi) is 6.26. The summed E-state index contributed by atoms with van der Waals surface area (Å²) >= 11 is 0. The number of aromatic nitrogens is 5. The number of nitrogens with two attached hydrogens (primary N) is 1. The molecule has 5 atom stereocenters. The Hall–Kier alpha value is -3.36. The normalized spacial score (nSPS) is 30.4. The Bertz CT molecular complexity index is 1380. The number of phosphoric ester groups is 1. The average Bonchev–Trinajstić information content (AvgIpc) is 3.38. The molecule has 0 spiro atoms. The van der Waals surface area contributed by atoms with Gasteiger partial charge in [-0.25, -0.2) is 14.3 Å². The third kappa shape index (κ3) is 4.70. The SMILES string of the molecule is CC1(OC(=O)O)CC(COP2(=O)OCCC(c3ccncc3)O2)OC1n1cnc2c(=O)[nH]c(N)nc21. The van der Waals surface area contributed by atoms with E-state index in [-0.39, 0.29) is 36.7 Å². The molecule has 36 heavy (non-hydrogen) atoms. The number of imidazole rings is 1.